The van der Waals surface area contributed by atoms with Crippen LogP contribution in [0.1, 0.15) is 49.6 Å². The van der Waals surface area contributed by atoms with E-state index in [1.807, 2.05) is 18.2 Å². The Hall–Kier alpha value is -1.42. The molecule has 1 aliphatic rings. The van der Waals surface area contributed by atoms with E-state index in [-0.39, 0.29) is 0 Å². The lowest BCUT2D eigenvalue weighted by Crippen LogP contribution is -2.42. The predicted octanol–water partition coefficient (Wildman–Crippen LogP) is 3.93. The zero-order valence-electron chi connectivity index (χ0n) is 11.1. The number of fused-ring (bicyclic) bond motifs is 1. The zero-order chi connectivity index (χ0) is 13.6. The van der Waals surface area contributed by atoms with E-state index in [0.29, 0.717) is 5.92 Å². The third kappa shape index (κ3) is 1.86. The van der Waals surface area contributed by atoms with Crippen molar-refractivity contribution in [3.05, 3.63) is 28.8 Å². The molecule has 19 heavy (non-hydrogen) atoms. The molecular formula is C15H17NO2S. The minimum atomic E-state index is -0.697. The first-order chi connectivity index (χ1) is 9.03. The van der Waals surface area contributed by atoms with Crippen LogP contribution in [0.5, 0.6) is 0 Å². The number of hydrogen-bond donors (Lipinski definition) is 1. The first kappa shape index (κ1) is 12.6. The van der Waals surface area contributed by atoms with Gasteiger partial charge in [-0.1, -0.05) is 26.3 Å². The molecule has 1 aromatic heterocycles. The molecule has 100 valence electrons. The summed E-state index contributed by atoms with van der Waals surface area (Å²) in [5.74, 6) is -0.282. The van der Waals surface area contributed by atoms with Crippen LogP contribution in [0.25, 0.3) is 10.2 Å². The molecule has 0 radical (unpaired) electrons. The molecular weight excluding hydrogens is 258 g/mol. The fourth-order valence-corrected chi connectivity index (χ4v) is 3.60. The maximum absolute atomic E-state index is 11.5. The Morgan fingerprint density at radius 3 is 2.68 bits per heavy atom. The monoisotopic (exact) mass is 275 g/mol. The molecule has 1 aliphatic carbocycles. The number of aliphatic carboxylic acids is 1. The molecule has 3 nitrogen and oxygen atoms in total. The van der Waals surface area contributed by atoms with E-state index in [2.05, 4.69) is 18.8 Å². The smallest absolute Gasteiger partial charge is 0.314 e. The second-order valence-electron chi connectivity index (χ2n) is 5.63. The SMILES string of the molecule is CC(C)c1nc2cc(C3(C(=O)O)CCC3)ccc2s1. The van der Waals surface area contributed by atoms with Gasteiger partial charge in [-0.25, -0.2) is 4.98 Å². The first-order valence-electron chi connectivity index (χ1n) is 6.67. The summed E-state index contributed by atoms with van der Waals surface area (Å²) in [7, 11) is 0. The number of thiazole rings is 1. The molecule has 1 heterocycles. The molecule has 0 bridgehead atoms. The molecule has 0 aliphatic heterocycles. The van der Waals surface area contributed by atoms with E-state index in [4.69, 9.17) is 0 Å². The van der Waals surface area contributed by atoms with Gasteiger partial charge in [0.2, 0.25) is 0 Å². The van der Waals surface area contributed by atoms with Crippen LogP contribution in [0.15, 0.2) is 18.2 Å². The van der Waals surface area contributed by atoms with Gasteiger partial charge in [-0.3, -0.25) is 4.79 Å². The molecule has 0 unspecified atom stereocenters. The van der Waals surface area contributed by atoms with Crippen molar-refractivity contribution in [3.63, 3.8) is 0 Å². The summed E-state index contributed by atoms with van der Waals surface area (Å²) >= 11 is 1.70. The van der Waals surface area contributed by atoms with Crippen LogP contribution in [0, 0.1) is 0 Å². The Labute approximate surface area is 116 Å². The van der Waals surface area contributed by atoms with Gasteiger partial charge in [-0.05, 0) is 30.5 Å². The van der Waals surface area contributed by atoms with Crippen molar-refractivity contribution in [1.29, 1.82) is 0 Å². The van der Waals surface area contributed by atoms with Gasteiger partial charge in [0.1, 0.15) is 0 Å². The molecule has 1 saturated carbocycles. The van der Waals surface area contributed by atoms with Crippen molar-refractivity contribution in [3.8, 4) is 0 Å². The Kier molecular flexibility index (Phi) is 2.86. The third-order valence-corrected chi connectivity index (χ3v) is 5.40. The fourth-order valence-electron chi connectivity index (χ4n) is 2.65. The van der Waals surface area contributed by atoms with Crippen LogP contribution in [-0.4, -0.2) is 16.1 Å². The van der Waals surface area contributed by atoms with Gasteiger partial charge in [-0.2, -0.15) is 0 Å². The third-order valence-electron chi connectivity index (χ3n) is 4.07. The van der Waals surface area contributed by atoms with Crippen molar-refractivity contribution in [2.45, 2.75) is 44.4 Å². The predicted molar refractivity (Wildman–Crippen MR) is 76.9 cm³/mol. The molecule has 1 N–H and O–H groups in total. The summed E-state index contributed by atoms with van der Waals surface area (Å²) < 4.78 is 1.15. The zero-order valence-corrected chi connectivity index (χ0v) is 12.0. The summed E-state index contributed by atoms with van der Waals surface area (Å²) in [5.41, 5.74) is 1.20. The summed E-state index contributed by atoms with van der Waals surface area (Å²) in [6.07, 6.45) is 2.49. The van der Waals surface area contributed by atoms with Gasteiger partial charge in [0, 0.05) is 5.92 Å². The topological polar surface area (TPSA) is 50.2 Å². The lowest BCUT2D eigenvalue weighted by atomic mass is 9.64. The highest BCUT2D eigenvalue weighted by Gasteiger charge is 2.46. The minimum absolute atomic E-state index is 0.415. The van der Waals surface area contributed by atoms with Gasteiger partial charge in [0.25, 0.3) is 0 Å². The molecule has 4 heteroatoms. The number of rotatable bonds is 3. The second kappa shape index (κ2) is 4.30. The van der Waals surface area contributed by atoms with Crippen LogP contribution < -0.4 is 0 Å². The summed E-state index contributed by atoms with van der Waals surface area (Å²) in [6.45, 7) is 4.26. The molecule has 2 aromatic rings. The van der Waals surface area contributed by atoms with E-state index < -0.39 is 11.4 Å². The molecule has 1 fully saturated rings. The Morgan fingerprint density at radius 2 is 2.16 bits per heavy atom. The lowest BCUT2D eigenvalue weighted by molar-refractivity contribution is -0.147. The summed E-state index contributed by atoms with van der Waals surface area (Å²) in [4.78, 5) is 16.2. The molecule has 0 saturated heterocycles. The van der Waals surface area contributed by atoms with Crippen molar-refractivity contribution in [2.75, 3.05) is 0 Å². The van der Waals surface area contributed by atoms with Crippen molar-refractivity contribution in [2.24, 2.45) is 0 Å². The average Bonchev–Trinajstić information content (AvgIpc) is 2.70. The van der Waals surface area contributed by atoms with Crippen molar-refractivity contribution in [1.82, 2.24) is 4.98 Å². The minimum Gasteiger partial charge on any atom is -0.481 e. The molecule has 3 rings (SSSR count). The van der Waals surface area contributed by atoms with Crippen LogP contribution in [0.2, 0.25) is 0 Å². The van der Waals surface area contributed by atoms with Crippen LogP contribution in [0.4, 0.5) is 0 Å². The lowest BCUT2D eigenvalue weighted by Gasteiger charge is -2.38. The Balaban J connectivity index is 2.08. The fraction of sp³-hybridized carbons (Fsp3) is 0.467. The number of carbonyl (C=O) groups is 1. The van der Waals surface area contributed by atoms with Crippen molar-refractivity contribution >= 4 is 27.5 Å². The van der Waals surface area contributed by atoms with E-state index >= 15 is 0 Å². The number of carboxylic acid groups (broad SMARTS) is 1. The molecule has 0 atom stereocenters. The molecule has 1 aromatic carbocycles. The number of nitrogens with zero attached hydrogens (tertiary/aromatic N) is 1. The maximum Gasteiger partial charge on any atom is 0.314 e. The molecule has 0 amide bonds. The van der Waals surface area contributed by atoms with E-state index in [0.717, 1.165) is 40.1 Å². The van der Waals surface area contributed by atoms with E-state index in [1.165, 1.54) is 0 Å². The number of carboxylic acids is 1. The van der Waals surface area contributed by atoms with Gasteiger partial charge < -0.3 is 5.11 Å². The number of aromatic nitrogens is 1. The quantitative estimate of drug-likeness (QED) is 0.923. The van der Waals surface area contributed by atoms with Gasteiger partial charge in [0.15, 0.2) is 0 Å². The molecule has 0 spiro atoms. The van der Waals surface area contributed by atoms with Gasteiger partial charge in [-0.15, -0.1) is 11.3 Å². The van der Waals surface area contributed by atoms with Crippen molar-refractivity contribution < 1.29 is 9.90 Å². The van der Waals surface area contributed by atoms with Crippen LogP contribution in [-0.2, 0) is 10.2 Å². The summed E-state index contributed by atoms with van der Waals surface area (Å²) in [5, 5.41) is 10.6. The van der Waals surface area contributed by atoms with Crippen LogP contribution in [0.3, 0.4) is 0 Å². The average molecular weight is 275 g/mol. The highest BCUT2D eigenvalue weighted by atomic mass is 32.1. The second-order valence-corrected chi connectivity index (χ2v) is 6.69. The highest BCUT2D eigenvalue weighted by molar-refractivity contribution is 7.18. The Bertz CT molecular complexity index is 641. The largest absolute Gasteiger partial charge is 0.481 e. The van der Waals surface area contributed by atoms with E-state index in [9.17, 15) is 9.90 Å². The normalized spacial score (nSPS) is 17.6. The number of hydrogen-bond acceptors (Lipinski definition) is 3. The Morgan fingerprint density at radius 1 is 1.42 bits per heavy atom. The highest BCUT2D eigenvalue weighted by Crippen LogP contribution is 2.45. The first-order valence-corrected chi connectivity index (χ1v) is 7.49. The van der Waals surface area contributed by atoms with E-state index in [1.54, 1.807) is 11.3 Å². The standard InChI is InChI=1S/C15H17NO2S/c1-9(2)13-16-11-8-10(4-5-12(11)19-13)15(14(17)18)6-3-7-15/h4-5,8-9H,3,6-7H2,1-2H3,(H,17,18). The van der Waals surface area contributed by atoms with Gasteiger partial charge >= 0.3 is 5.97 Å². The van der Waals surface area contributed by atoms with Gasteiger partial charge in [0.05, 0.1) is 20.6 Å². The maximum atomic E-state index is 11.5. The summed E-state index contributed by atoms with van der Waals surface area (Å²) in [6, 6.07) is 5.97. The van der Waals surface area contributed by atoms with Crippen LogP contribution >= 0.6 is 11.3 Å². The number of benzene rings is 1.